The third-order valence-electron chi connectivity index (χ3n) is 4.88. The van der Waals surface area contributed by atoms with Crippen molar-refractivity contribution in [3.05, 3.63) is 71.9 Å². The lowest BCUT2D eigenvalue weighted by molar-refractivity contribution is -0.139. The second-order valence-corrected chi connectivity index (χ2v) is 9.22. The van der Waals surface area contributed by atoms with Gasteiger partial charge in [0.15, 0.2) is 21.3 Å². The van der Waals surface area contributed by atoms with Crippen LogP contribution >= 0.6 is 0 Å². The first kappa shape index (κ1) is 23.2. The van der Waals surface area contributed by atoms with Gasteiger partial charge in [-0.1, -0.05) is 42.5 Å². The summed E-state index contributed by atoms with van der Waals surface area (Å²) in [6.45, 7) is 3.52. The monoisotopic (exact) mass is 455 g/mol. The summed E-state index contributed by atoms with van der Waals surface area (Å²) in [6, 6.07) is 17.0. The van der Waals surface area contributed by atoms with Crippen LogP contribution < -0.4 is 5.32 Å². The van der Waals surface area contributed by atoms with Crippen LogP contribution in [0.4, 0.5) is 0 Å². The van der Waals surface area contributed by atoms with Crippen molar-refractivity contribution >= 4 is 21.7 Å². The van der Waals surface area contributed by atoms with Crippen LogP contribution in [0.2, 0.25) is 0 Å². The summed E-state index contributed by atoms with van der Waals surface area (Å²) in [5.41, 5.74) is 2.77. The molecule has 1 amide bonds. The lowest BCUT2D eigenvalue weighted by Gasteiger charge is -2.14. The molecule has 9 heteroatoms. The molecule has 168 valence electrons. The number of esters is 1. The Bertz CT molecular complexity index is 1200. The quantitative estimate of drug-likeness (QED) is 0.524. The minimum Gasteiger partial charge on any atom is -0.465 e. The summed E-state index contributed by atoms with van der Waals surface area (Å²) in [5.74, 6) is -1.84. The molecular weight excluding hydrogens is 430 g/mol. The average molecular weight is 456 g/mol. The van der Waals surface area contributed by atoms with Crippen LogP contribution in [0.25, 0.3) is 11.3 Å². The summed E-state index contributed by atoms with van der Waals surface area (Å²) >= 11 is 0. The molecule has 2 aromatic carbocycles. The van der Waals surface area contributed by atoms with Crippen molar-refractivity contribution in [1.29, 1.82) is 0 Å². The van der Waals surface area contributed by atoms with Crippen molar-refractivity contribution in [1.82, 2.24) is 15.1 Å². The van der Waals surface area contributed by atoms with Crippen LogP contribution in [0.3, 0.4) is 0 Å². The second kappa shape index (κ2) is 9.78. The fraction of sp³-hybridized carbons (Fsp3) is 0.261. The zero-order valence-electron chi connectivity index (χ0n) is 18.1. The third kappa shape index (κ3) is 5.42. The van der Waals surface area contributed by atoms with Gasteiger partial charge in [-0.25, -0.2) is 8.42 Å². The number of aryl methyl sites for hydroxylation is 1. The molecule has 0 bridgehead atoms. The highest BCUT2D eigenvalue weighted by Crippen LogP contribution is 2.21. The van der Waals surface area contributed by atoms with Gasteiger partial charge in [-0.2, -0.15) is 5.10 Å². The SMILES string of the molecule is CCOC(=O)CS(=O)(=O)c1ccc(C(C)NC(=O)c2cc(-c3ccccc3)n(C)n2)cc1. The van der Waals surface area contributed by atoms with Gasteiger partial charge in [0, 0.05) is 7.05 Å². The molecule has 1 aromatic heterocycles. The van der Waals surface area contributed by atoms with Crippen molar-refractivity contribution in [3.63, 3.8) is 0 Å². The Kier molecular flexibility index (Phi) is 7.09. The molecule has 0 fully saturated rings. The molecule has 0 aliphatic rings. The van der Waals surface area contributed by atoms with Gasteiger partial charge in [0.1, 0.15) is 0 Å². The number of hydrogen-bond acceptors (Lipinski definition) is 6. The Morgan fingerprint density at radius 2 is 1.75 bits per heavy atom. The fourth-order valence-corrected chi connectivity index (χ4v) is 4.33. The van der Waals surface area contributed by atoms with Crippen molar-refractivity contribution < 1.29 is 22.7 Å². The third-order valence-corrected chi connectivity index (χ3v) is 6.49. The van der Waals surface area contributed by atoms with E-state index >= 15 is 0 Å². The molecule has 1 heterocycles. The van der Waals surface area contributed by atoms with E-state index in [1.807, 2.05) is 30.3 Å². The first-order valence-electron chi connectivity index (χ1n) is 10.1. The van der Waals surface area contributed by atoms with Gasteiger partial charge >= 0.3 is 5.97 Å². The molecule has 3 aromatic rings. The molecule has 1 unspecified atom stereocenters. The molecule has 0 saturated heterocycles. The van der Waals surface area contributed by atoms with Gasteiger partial charge in [0.25, 0.3) is 5.91 Å². The molecule has 0 aliphatic heterocycles. The highest BCUT2D eigenvalue weighted by atomic mass is 32.2. The fourth-order valence-electron chi connectivity index (χ4n) is 3.22. The van der Waals surface area contributed by atoms with E-state index < -0.39 is 21.6 Å². The number of amides is 1. The first-order chi connectivity index (χ1) is 15.2. The van der Waals surface area contributed by atoms with Gasteiger partial charge in [0.05, 0.1) is 23.2 Å². The number of carbonyl (C=O) groups excluding carboxylic acids is 2. The Morgan fingerprint density at radius 1 is 1.09 bits per heavy atom. The number of sulfone groups is 1. The second-order valence-electron chi connectivity index (χ2n) is 7.23. The highest BCUT2D eigenvalue weighted by Gasteiger charge is 2.21. The van der Waals surface area contributed by atoms with E-state index in [9.17, 15) is 18.0 Å². The van der Waals surface area contributed by atoms with Crippen LogP contribution in [0.5, 0.6) is 0 Å². The molecule has 1 atom stereocenters. The molecule has 0 aliphatic carbocycles. The van der Waals surface area contributed by atoms with E-state index in [-0.39, 0.29) is 29.1 Å². The van der Waals surface area contributed by atoms with E-state index in [1.54, 1.807) is 43.8 Å². The number of benzene rings is 2. The van der Waals surface area contributed by atoms with E-state index in [0.29, 0.717) is 5.56 Å². The highest BCUT2D eigenvalue weighted by molar-refractivity contribution is 7.92. The van der Waals surface area contributed by atoms with E-state index in [1.165, 1.54) is 12.1 Å². The summed E-state index contributed by atoms with van der Waals surface area (Å²) in [4.78, 5) is 24.2. The minimum atomic E-state index is -3.79. The predicted molar refractivity (Wildman–Crippen MR) is 120 cm³/mol. The van der Waals surface area contributed by atoms with Crippen LogP contribution in [0, 0.1) is 0 Å². The molecule has 32 heavy (non-hydrogen) atoms. The van der Waals surface area contributed by atoms with Crippen molar-refractivity contribution in [3.8, 4) is 11.3 Å². The van der Waals surface area contributed by atoms with Crippen LogP contribution in [-0.4, -0.2) is 42.4 Å². The summed E-state index contributed by atoms with van der Waals surface area (Å²) < 4.78 is 31.0. The minimum absolute atomic E-state index is 0.0186. The Morgan fingerprint density at radius 3 is 2.38 bits per heavy atom. The normalized spacial score (nSPS) is 12.2. The predicted octanol–water partition coefficient (Wildman–Crippen LogP) is 2.91. The molecule has 0 saturated carbocycles. The van der Waals surface area contributed by atoms with Crippen LogP contribution in [0.15, 0.2) is 65.6 Å². The standard InChI is InChI=1S/C23H25N3O5S/c1-4-31-22(27)15-32(29,30)19-12-10-17(11-13-19)16(2)24-23(28)20-14-21(26(3)25-20)18-8-6-5-7-9-18/h5-14,16H,4,15H2,1-3H3,(H,24,28). The van der Waals surface area contributed by atoms with Crippen LogP contribution in [0.1, 0.15) is 35.9 Å². The average Bonchev–Trinajstić information content (AvgIpc) is 3.16. The molecular formula is C23H25N3O5S. The Balaban J connectivity index is 1.69. The number of hydrogen-bond donors (Lipinski definition) is 1. The molecule has 3 rings (SSSR count). The largest absolute Gasteiger partial charge is 0.465 e. The number of nitrogens with zero attached hydrogens (tertiary/aromatic N) is 2. The number of nitrogens with one attached hydrogen (secondary N) is 1. The smallest absolute Gasteiger partial charge is 0.321 e. The topological polar surface area (TPSA) is 107 Å². The van der Waals surface area contributed by atoms with E-state index in [4.69, 9.17) is 4.74 Å². The summed E-state index contributed by atoms with van der Waals surface area (Å²) in [6.07, 6.45) is 0. The Hall–Kier alpha value is -3.46. The first-order valence-corrected chi connectivity index (χ1v) is 11.7. The van der Waals surface area contributed by atoms with Crippen LogP contribution in [-0.2, 0) is 26.4 Å². The molecule has 0 spiro atoms. The lowest BCUT2D eigenvalue weighted by atomic mass is 10.1. The van der Waals surface area contributed by atoms with Gasteiger partial charge < -0.3 is 10.1 Å². The van der Waals surface area contributed by atoms with Crippen molar-refractivity contribution in [2.75, 3.05) is 12.4 Å². The van der Waals surface area contributed by atoms with Gasteiger partial charge in [-0.3, -0.25) is 14.3 Å². The van der Waals surface area contributed by atoms with Crippen molar-refractivity contribution in [2.24, 2.45) is 7.05 Å². The maximum Gasteiger partial charge on any atom is 0.321 e. The number of aromatic nitrogens is 2. The van der Waals surface area contributed by atoms with Gasteiger partial charge in [0.2, 0.25) is 0 Å². The zero-order chi connectivity index (χ0) is 23.3. The van der Waals surface area contributed by atoms with Crippen molar-refractivity contribution in [2.45, 2.75) is 24.8 Å². The lowest BCUT2D eigenvalue weighted by Crippen LogP contribution is -2.27. The number of rotatable bonds is 8. The molecule has 1 N–H and O–H groups in total. The summed E-state index contributed by atoms with van der Waals surface area (Å²) in [7, 11) is -2.02. The maximum absolute atomic E-state index is 12.7. The van der Waals surface area contributed by atoms with Gasteiger partial charge in [-0.15, -0.1) is 0 Å². The Labute approximate surface area is 187 Å². The molecule has 8 nitrogen and oxygen atoms in total. The maximum atomic E-state index is 12.7. The van der Waals surface area contributed by atoms with E-state index in [0.717, 1.165) is 11.3 Å². The van der Waals surface area contributed by atoms with Gasteiger partial charge in [-0.05, 0) is 43.2 Å². The van der Waals surface area contributed by atoms with E-state index in [2.05, 4.69) is 10.4 Å². The zero-order valence-corrected chi connectivity index (χ0v) is 18.9. The molecule has 0 radical (unpaired) electrons. The number of ether oxygens (including phenoxy) is 1. The number of carbonyl (C=O) groups is 2. The summed E-state index contributed by atoms with van der Waals surface area (Å²) in [5, 5.41) is 7.18.